The summed E-state index contributed by atoms with van der Waals surface area (Å²) in [5.74, 6) is 1.81. The van der Waals surface area contributed by atoms with Crippen LogP contribution in [-0.4, -0.2) is 0 Å². The van der Waals surface area contributed by atoms with Gasteiger partial charge in [0.25, 0.3) is 0 Å². The first-order valence-electron chi connectivity index (χ1n) is 12.6. The molecule has 32 heavy (non-hydrogen) atoms. The maximum atomic E-state index is 14.8. The molecule has 3 aromatic carbocycles. The van der Waals surface area contributed by atoms with Crippen molar-refractivity contribution in [3.05, 3.63) is 84.2 Å². The quantitative estimate of drug-likeness (QED) is 0.298. The van der Waals surface area contributed by atoms with E-state index in [1.54, 1.807) is 0 Å². The van der Waals surface area contributed by atoms with E-state index in [2.05, 4.69) is 43.8 Å². The highest BCUT2D eigenvalue weighted by molar-refractivity contribution is 5.88. The average molecular weight is 429 g/mol. The van der Waals surface area contributed by atoms with Crippen LogP contribution < -0.4 is 0 Å². The standard InChI is InChI=1S/C31H37F/c1-3-5-7-27-18-19-29-22-28(20-21-30(29)31(27)32)26-16-14-25(15-17-26)13-12-24-10-8-23(6-4-2)9-11-24/h3,14-24H,1,4-13H2,2H3. The lowest BCUT2D eigenvalue weighted by Gasteiger charge is -2.28. The number of hydrogen-bond acceptors (Lipinski definition) is 0. The van der Waals surface area contributed by atoms with Gasteiger partial charge < -0.3 is 0 Å². The van der Waals surface area contributed by atoms with Crippen molar-refractivity contribution in [2.45, 2.75) is 71.1 Å². The Morgan fingerprint density at radius 2 is 1.53 bits per heavy atom. The molecule has 1 aliphatic rings. The summed E-state index contributed by atoms with van der Waals surface area (Å²) in [6.45, 7) is 6.05. The van der Waals surface area contributed by atoms with Crippen molar-refractivity contribution < 1.29 is 4.39 Å². The topological polar surface area (TPSA) is 0 Å². The third kappa shape index (κ3) is 5.49. The molecule has 0 aromatic heterocycles. The van der Waals surface area contributed by atoms with Crippen LogP contribution in [0, 0.1) is 17.7 Å². The molecule has 0 N–H and O–H groups in total. The summed E-state index contributed by atoms with van der Waals surface area (Å²) in [5, 5.41) is 1.67. The van der Waals surface area contributed by atoms with Crippen molar-refractivity contribution in [1.82, 2.24) is 0 Å². The minimum absolute atomic E-state index is 0.0880. The van der Waals surface area contributed by atoms with E-state index in [-0.39, 0.29) is 5.82 Å². The van der Waals surface area contributed by atoms with E-state index in [1.807, 2.05) is 30.3 Å². The highest BCUT2D eigenvalue weighted by Gasteiger charge is 2.20. The zero-order chi connectivity index (χ0) is 22.3. The van der Waals surface area contributed by atoms with E-state index in [4.69, 9.17) is 0 Å². The molecule has 0 nitrogen and oxygen atoms in total. The Bertz CT molecular complexity index is 1020. The third-order valence-corrected chi connectivity index (χ3v) is 7.44. The van der Waals surface area contributed by atoms with Crippen molar-refractivity contribution in [2.24, 2.45) is 11.8 Å². The maximum absolute atomic E-state index is 14.8. The molecule has 4 rings (SSSR count). The molecule has 168 valence electrons. The van der Waals surface area contributed by atoms with Crippen molar-refractivity contribution in [1.29, 1.82) is 0 Å². The van der Waals surface area contributed by atoms with Gasteiger partial charge in [0.2, 0.25) is 0 Å². The number of aryl methyl sites for hydroxylation is 2. The summed E-state index contributed by atoms with van der Waals surface area (Å²) in [6, 6.07) is 19.1. The first kappa shape index (κ1) is 22.8. The number of hydrogen-bond donors (Lipinski definition) is 0. The number of halogens is 1. The molecule has 0 radical (unpaired) electrons. The Morgan fingerprint density at radius 1 is 0.844 bits per heavy atom. The Kier molecular flexibility index (Phi) is 7.79. The molecule has 3 aromatic rings. The van der Waals surface area contributed by atoms with E-state index < -0.39 is 0 Å². The Morgan fingerprint density at radius 3 is 2.22 bits per heavy atom. The molecule has 0 spiro atoms. The molecular formula is C31H37F. The monoisotopic (exact) mass is 428 g/mol. The second kappa shape index (κ2) is 10.9. The average Bonchev–Trinajstić information content (AvgIpc) is 2.83. The van der Waals surface area contributed by atoms with E-state index in [0.29, 0.717) is 11.8 Å². The van der Waals surface area contributed by atoms with Gasteiger partial charge in [-0.05, 0) is 71.2 Å². The van der Waals surface area contributed by atoms with E-state index >= 15 is 0 Å². The van der Waals surface area contributed by atoms with Gasteiger partial charge in [-0.3, -0.25) is 0 Å². The van der Waals surface area contributed by atoms with Crippen molar-refractivity contribution >= 4 is 10.8 Å². The number of fused-ring (bicyclic) bond motifs is 1. The molecule has 0 atom stereocenters. The first-order chi connectivity index (χ1) is 15.7. The van der Waals surface area contributed by atoms with Gasteiger partial charge in [0.15, 0.2) is 0 Å². The van der Waals surface area contributed by atoms with Gasteiger partial charge in [-0.15, -0.1) is 6.58 Å². The summed E-state index contributed by atoms with van der Waals surface area (Å²) >= 11 is 0. The van der Waals surface area contributed by atoms with Crippen LogP contribution in [0.15, 0.2) is 67.3 Å². The van der Waals surface area contributed by atoms with Gasteiger partial charge >= 0.3 is 0 Å². The van der Waals surface area contributed by atoms with Gasteiger partial charge in [-0.2, -0.15) is 0 Å². The predicted octanol–water partition coefficient (Wildman–Crippen LogP) is 9.30. The highest BCUT2D eigenvalue weighted by atomic mass is 19.1. The molecule has 0 saturated heterocycles. The fourth-order valence-corrected chi connectivity index (χ4v) is 5.42. The molecule has 1 aliphatic carbocycles. The number of allylic oxidation sites excluding steroid dienone is 1. The zero-order valence-electron chi connectivity index (χ0n) is 19.6. The van der Waals surface area contributed by atoms with Crippen LogP contribution in [0.3, 0.4) is 0 Å². The molecule has 0 amide bonds. The van der Waals surface area contributed by atoms with Crippen molar-refractivity contribution in [3.8, 4) is 11.1 Å². The van der Waals surface area contributed by atoms with Crippen LogP contribution in [-0.2, 0) is 12.8 Å². The lowest BCUT2D eigenvalue weighted by molar-refractivity contribution is 0.252. The molecule has 1 fully saturated rings. The van der Waals surface area contributed by atoms with Crippen LogP contribution in [0.25, 0.3) is 21.9 Å². The summed E-state index contributed by atoms with van der Waals surface area (Å²) in [5.41, 5.74) is 4.56. The fourth-order valence-electron chi connectivity index (χ4n) is 5.42. The Balaban J connectivity index is 1.38. The van der Waals surface area contributed by atoms with Gasteiger partial charge in [0, 0.05) is 5.39 Å². The number of rotatable bonds is 9. The first-order valence-corrected chi connectivity index (χ1v) is 12.6. The van der Waals surface area contributed by atoms with Gasteiger partial charge in [-0.1, -0.05) is 100 Å². The minimum atomic E-state index is -0.0880. The fraction of sp³-hybridized carbons (Fsp3) is 0.419. The normalized spacial score (nSPS) is 18.7. The van der Waals surface area contributed by atoms with E-state index in [9.17, 15) is 4.39 Å². The zero-order valence-corrected chi connectivity index (χ0v) is 19.6. The summed E-state index contributed by atoms with van der Waals surface area (Å²) < 4.78 is 14.8. The molecule has 0 bridgehead atoms. The van der Waals surface area contributed by atoms with Crippen LogP contribution in [0.4, 0.5) is 4.39 Å². The van der Waals surface area contributed by atoms with Crippen molar-refractivity contribution in [3.63, 3.8) is 0 Å². The third-order valence-electron chi connectivity index (χ3n) is 7.44. The molecule has 0 heterocycles. The smallest absolute Gasteiger partial charge is 0.134 e. The summed E-state index contributed by atoms with van der Waals surface area (Å²) in [4.78, 5) is 0. The molecule has 1 saturated carbocycles. The predicted molar refractivity (Wildman–Crippen MR) is 137 cm³/mol. The second-order valence-corrected chi connectivity index (χ2v) is 9.71. The van der Waals surface area contributed by atoms with Crippen LogP contribution >= 0.6 is 0 Å². The van der Waals surface area contributed by atoms with Crippen molar-refractivity contribution in [2.75, 3.05) is 0 Å². The maximum Gasteiger partial charge on any atom is 0.134 e. The summed E-state index contributed by atoms with van der Waals surface area (Å²) in [7, 11) is 0. The Labute approximate surface area is 193 Å². The number of benzene rings is 3. The minimum Gasteiger partial charge on any atom is -0.206 e. The van der Waals surface area contributed by atoms with Gasteiger partial charge in [-0.25, -0.2) is 4.39 Å². The largest absolute Gasteiger partial charge is 0.206 e. The van der Waals surface area contributed by atoms with Crippen LogP contribution in [0.5, 0.6) is 0 Å². The highest BCUT2D eigenvalue weighted by Crippen LogP contribution is 2.34. The van der Waals surface area contributed by atoms with E-state index in [1.165, 1.54) is 62.5 Å². The molecular weight excluding hydrogens is 391 g/mol. The summed E-state index contributed by atoms with van der Waals surface area (Å²) in [6.07, 6.45) is 14.3. The second-order valence-electron chi connectivity index (χ2n) is 9.71. The molecule has 1 heteroatoms. The van der Waals surface area contributed by atoms with Crippen LogP contribution in [0.2, 0.25) is 0 Å². The molecule has 0 aliphatic heterocycles. The lowest BCUT2D eigenvalue weighted by Crippen LogP contribution is -2.15. The lowest BCUT2D eigenvalue weighted by atomic mass is 9.78. The SMILES string of the molecule is C=CCCc1ccc2cc(-c3ccc(CCC4CCC(CCC)CC4)cc3)ccc2c1F. The van der Waals surface area contributed by atoms with Gasteiger partial charge in [0.05, 0.1) is 0 Å². The Hall–Kier alpha value is -2.41. The van der Waals surface area contributed by atoms with Crippen LogP contribution in [0.1, 0.15) is 69.4 Å². The van der Waals surface area contributed by atoms with Gasteiger partial charge in [0.1, 0.15) is 5.82 Å². The molecule has 0 unspecified atom stereocenters. The van der Waals surface area contributed by atoms with E-state index in [0.717, 1.165) is 34.8 Å².